The summed E-state index contributed by atoms with van der Waals surface area (Å²) in [5.41, 5.74) is 0.986. The summed E-state index contributed by atoms with van der Waals surface area (Å²) in [4.78, 5) is 15.3. The molecule has 0 bridgehead atoms. The fourth-order valence-corrected chi connectivity index (χ4v) is 6.37. The normalized spacial score (nSPS) is 19.2. The highest BCUT2D eigenvalue weighted by atomic mass is 32.2. The smallest absolute Gasteiger partial charge is 0.243 e. The molecule has 1 aliphatic carbocycles. The minimum atomic E-state index is -3.43. The standard InChI is InChI=1S/C24H39N3O3S/c1-3-27(4-2)31(29,30)23-12-9-20(10-13-23)11-14-24(28)25-22-15-17-26(18-16-22)19-21-7-5-6-8-21/h9-10,12-13,21-22H,3-8,11,14-19H2,1-2H3,(H,25,28). The second kappa shape index (κ2) is 11.4. The topological polar surface area (TPSA) is 69.7 Å². The lowest BCUT2D eigenvalue weighted by Gasteiger charge is -2.33. The predicted molar refractivity (Wildman–Crippen MR) is 124 cm³/mol. The van der Waals surface area contributed by atoms with Crippen LogP contribution in [0.4, 0.5) is 0 Å². The molecule has 1 amide bonds. The van der Waals surface area contributed by atoms with E-state index in [1.165, 1.54) is 36.5 Å². The molecular weight excluding hydrogens is 410 g/mol. The van der Waals surface area contributed by atoms with Gasteiger partial charge in [-0.3, -0.25) is 4.79 Å². The van der Waals surface area contributed by atoms with Crippen LogP contribution in [0.25, 0.3) is 0 Å². The van der Waals surface area contributed by atoms with Gasteiger partial charge in [0.05, 0.1) is 4.90 Å². The van der Waals surface area contributed by atoms with E-state index in [1.54, 1.807) is 12.1 Å². The Morgan fingerprint density at radius 1 is 1.03 bits per heavy atom. The summed E-state index contributed by atoms with van der Waals surface area (Å²) in [7, 11) is -3.43. The van der Waals surface area contributed by atoms with Crippen LogP contribution in [0, 0.1) is 5.92 Å². The number of sulfonamides is 1. The molecule has 0 atom stereocenters. The van der Waals surface area contributed by atoms with E-state index in [0.29, 0.717) is 30.8 Å². The molecule has 1 aromatic carbocycles. The van der Waals surface area contributed by atoms with E-state index in [2.05, 4.69) is 10.2 Å². The molecule has 6 nitrogen and oxygen atoms in total. The first-order valence-corrected chi connectivity index (χ1v) is 13.5. The Morgan fingerprint density at radius 3 is 2.23 bits per heavy atom. The summed E-state index contributed by atoms with van der Waals surface area (Å²) in [6.45, 7) is 8.01. The molecule has 1 saturated carbocycles. The van der Waals surface area contributed by atoms with Gasteiger partial charge in [0.1, 0.15) is 0 Å². The van der Waals surface area contributed by atoms with Crippen molar-refractivity contribution in [1.82, 2.24) is 14.5 Å². The van der Waals surface area contributed by atoms with Gasteiger partial charge in [-0.2, -0.15) is 4.31 Å². The van der Waals surface area contributed by atoms with Crippen molar-refractivity contribution < 1.29 is 13.2 Å². The van der Waals surface area contributed by atoms with Crippen molar-refractivity contribution in [2.75, 3.05) is 32.7 Å². The molecule has 31 heavy (non-hydrogen) atoms. The lowest BCUT2D eigenvalue weighted by atomic mass is 10.0. The monoisotopic (exact) mass is 449 g/mol. The van der Waals surface area contributed by atoms with Crippen LogP contribution in [0.2, 0.25) is 0 Å². The van der Waals surface area contributed by atoms with Crippen LogP contribution in [-0.4, -0.2) is 62.3 Å². The third kappa shape index (κ3) is 6.77. The molecule has 1 N–H and O–H groups in total. The quantitative estimate of drug-likeness (QED) is 0.594. The number of carbonyl (C=O) groups is 1. The van der Waals surface area contributed by atoms with Gasteiger partial charge in [0.25, 0.3) is 0 Å². The SMILES string of the molecule is CCN(CC)S(=O)(=O)c1ccc(CCC(=O)NC2CCN(CC3CCCC3)CC2)cc1. The number of amides is 1. The highest BCUT2D eigenvalue weighted by molar-refractivity contribution is 7.89. The molecule has 0 spiro atoms. The first-order chi connectivity index (χ1) is 14.9. The zero-order valence-electron chi connectivity index (χ0n) is 19.2. The lowest BCUT2D eigenvalue weighted by molar-refractivity contribution is -0.122. The number of rotatable bonds is 10. The summed E-state index contributed by atoms with van der Waals surface area (Å²) >= 11 is 0. The van der Waals surface area contributed by atoms with Crippen LogP contribution >= 0.6 is 0 Å². The van der Waals surface area contributed by atoms with Crippen LogP contribution in [0.3, 0.4) is 0 Å². The fourth-order valence-electron chi connectivity index (χ4n) is 4.92. The van der Waals surface area contributed by atoms with Crippen molar-refractivity contribution in [1.29, 1.82) is 0 Å². The van der Waals surface area contributed by atoms with Crippen LogP contribution < -0.4 is 5.32 Å². The van der Waals surface area contributed by atoms with Crippen molar-refractivity contribution in [3.05, 3.63) is 29.8 Å². The molecular formula is C24H39N3O3S. The van der Waals surface area contributed by atoms with Crippen molar-refractivity contribution in [3.63, 3.8) is 0 Å². The third-order valence-corrected chi connectivity index (χ3v) is 8.92. The maximum absolute atomic E-state index is 12.6. The van der Waals surface area contributed by atoms with Gasteiger partial charge < -0.3 is 10.2 Å². The summed E-state index contributed by atoms with van der Waals surface area (Å²) < 4.78 is 26.6. The van der Waals surface area contributed by atoms with Gasteiger partial charge in [-0.1, -0.05) is 38.8 Å². The highest BCUT2D eigenvalue weighted by Crippen LogP contribution is 2.26. The number of benzene rings is 1. The summed E-state index contributed by atoms with van der Waals surface area (Å²) in [6.07, 6.45) is 8.70. The molecule has 2 aliphatic rings. The lowest BCUT2D eigenvalue weighted by Crippen LogP contribution is -2.45. The fraction of sp³-hybridized carbons (Fsp3) is 0.708. The van der Waals surface area contributed by atoms with Gasteiger partial charge in [-0.15, -0.1) is 0 Å². The Bertz CT molecular complexity index is 792. The zero-order chi connectivity index (χ0) is 22.3. The Hall–Kier alpha value is -1.44. The van der Waals surface area contributed by atoms with Crippen LogP contribution in [-0.2, 0) is 21.2 Å². The first kappa shape index (κ1) is 24.2. The van der Waals surface area contributed by atoms with Crippen LogP contribution in [0.5, 0.6) is 0 Å². The third-order valence-electron chi connectivity index (χ3n) is 6.85. The molecule has 1 aliphatic heterocycles. The molecule has 1 aromatic rings. The summed E-state index contributed by atoms with van der Waals surface area (Å²) in [5, 5.41) is 3.20. The van der Waals surface area contributed by atoms with Gasteiger partial charge in [-0.05, 0) is 55.7 Å². The van der Waals surface area contributed by atoms with E-state index < -0.39 is 10.0 Å². The molecule has 0 aromatic heterocycles. The average Bonchev–Trinajstić information content (AvgIpc) is 3.28. The molecule has 7 heteroatoms. The van der Waals surface area contributed by atoms with Gasteiger partial charge in [0.2, 0.25) is 15.9 Å². The Morgan fingerprint density at radius 2 is 1.65 bits per heavy atom. The zero-order valence-corrected chi connectivity index (χ0v) is 20.0. The predicted octanol–water partition coefficient (Wildman–Crippen LogP) is 3.42. The van der Waals surface area contributed by atoms with Crippen molar-refractivity contribution in [2.45, 2.75) is 76.2 Å². The molecule has 0 unspecified atom stereocenters. The molecule has 3 rings (SSSR count). The Kier molecular flexibility index (Phi) is 8.93. The van der Waals surface area contributed by atoms with Crippen molar-refractivity contribution in [2.24, 2.45) is 5.92 Å². The minimum Gasteiger partial charge on any atom is -0.353 e. The number of aryl methyl sites for hydroxylation is 1. The highest BCUT2D eigenvalue weighted by Gasteiger charge is 2.24. The second-order valence-corrected chi connectivity index (χ2v) is 11.0. The number of hydrogen-bond acceptors (Lipinski definition) is 4. The largest absolute Gasteiger partial charge is 0.353 e. The number of nitrogens with zero attached hydrogens (tertiary/aromatic N) is 2. The van der Waals surface area contributed by atoms with Gasteiger partial charge in [0.15, 0.2) is 0 Å². The van der Waals surface area contributed by atoms with E-state index in [1.807, 2.05) is 26.0 Å². The van der Waals surface area contributed by atoms with E-state index in [0.717, 1.165) is 37.4 Å². The van der Waals surface area contributed by atoms with E-state index in [9.17, 15) is 13.2 Å². The number of carbonyl (C=O) groups excluding carboxylic acids is 1. The van der Waals surface area contributed by atoms with Crippen molar-refractivity contribution >= 4 is 15.9 Å². The molecule has 1 heterocycles. The van der Waals surface area contributed by atoms with Gasteiger partial charge in [0, 0.05) is 45.2 Å². The first-order valence-electron chi connectivity index (χ1n) is 12.0. The molecule has 2 fully saturated rings. The average molecular weight is 450 g/mol. The molecule has 174 valence electrons. The Labute approximate surface area is 188 Å². The molecule has 0 radical (unpaired) electrons. The molecule has 1 saturated heterocycles. The van der Waals surface area contributed by atoms with E-state index in [-0.39, 0.29) is 11.9 Å². The summed E-state index contributed by atoms with van der Waals surface area (Å²) in [6, 6.07) is 7.24. The van der Waals surface area contributed by atoms with Gasteiger partial charge in [-0.25, -0.2) is 8.42 Å². The van der Waals surface area contributed by atoms with Gasteiger partial charge >= 0.3 is 0 Å². The van der Waals surface area contributed by atoms with E-state index in [4.69, 9.17) is 0 Å². The number of piperidine rings is 1. The second-order valence-electron chi connectivity index (χ2n) is 9.03. The number of hydrogen-bond donors (Lipinski definition) is 1. The maximum Gasteiger partial charge on any atom is 0.243 e. The Balaban J connectivity index is 1.40. The van der Waals surface area contributed by atoms with E-state index >= 15 is 0 Å². The van der Waals surface area contributed by atoms with Crippen LogP contribution in [0.1, 0.15) is 64.4 Å². The maximum atomic E-state index is 12.6. The number of likely N-dealkylation sites (tertiary alicyclic amines) is 1. The summed E-state index contributed by atoms with van der Waals surface area (Å²) in [5.74, 6) is 0.980. The van der Waals surface area contributed by atoms with Crippen molar-refractivity contribution in [3.8, 4) is 0 Å². The number of nitrogens with one attached hydrogen (secondary N) is 1. The minimum absolute atomic E-state index is 0.0917. The van der Waals surface area contributed by atoms with Crippen LogP contribution in [0.15, 0.2) is 29.2 Å².